The fraction of sp³-hybridized carbons (Fsp3) is 0.0625. The molecule has 0 aliphatic carbocycles. The van der Waals surface area contributed by atoms with E-state index in [1.54, 1.807) is 12.1 Å². The molecule has 0 aliphatic rings. The van der Waals surface area contributed by atoms with Crippen molar-refractivity contribution in [2.24, 2.45) is 0 Å². The number of nitrogens with one attached hydrogen (secondary N) is 1. The van der Waals surface area contributed by atoms with E-state index in [-0.39, 0.29) is 5.39 Å². The second-order valence-electron chi connectivity index (χ2n) is 5.11. The summed E-state index contributed by atoms with van der Waals surface area (Å²) in [5.74, 6) is -2.45. The van der Waals surface area contributed by atoms with Crippen LogP contribution in [0.15, 0.2) is 57.2 Å². The number of aryl methyl sites for hydroxylation is 1. The second kappa shape index (κ2) is 5.27. The number of H-pyrrole nitrogens is 1. The summed E-state index contributed by atoms with van der Waals surface area (Å²) in [4.78, 5) is 14.2. The van der Waals surface area contributed by atoms with Gasteiger partial charge in [0.25, 0.3) is 0 Å². The number of fused-ring (bicyclic) bond motifs is 1. The minimum Gasteiger partial charge on any atom is -0.360 e. The Hall–Kier alpha value is -2.54. The summed E-state index contributed by atoms with van der Waals surface area (Å²) in [6.45, 7) is 1.84. The zero-order valence-corrected chi connectivity index (χ0v) is 12.7. The Bertz CT molecular complexity index is 1090. The molecule has 7 heteroatoms. The molecule has 2 aromatic carbocycles. The maximum Gasteiger partial charge on any atom is 0.212 e. The topological polar surface area (TPSA) is 67.0 Å². The van der Waals surface area contributed by atoms with Crippen molar-refractivity contribution in [1.29, 1.82) is 0 Å². The summed E-state index contributed by atoms with van der Waals surface area (Å²) in [7, 11) is -4.26. The van der Waals surface area contributed by atoms with Gasteiger partial charge >= 0.3 is 0 Å². The molecule has 0 saturated carbocycles. The smallest absolute Gasteiger partial charge is 0.212 e. The molecule has 4 nitrogen and oxygen atoms in total. The van der Waals surface area contributed by atoms with Gasteiger partial charge in [0.1, 0.15) is 4.90 Å². The quantitative estimate of drug-likeness (QED) is 0.732. The first-order valence-electron chi connectivity index (χ1n) is 6.63. The van der Waals surface area contributed by atoms with E-state index in [1.165, 1.54) is 6.07 Å². The molecule has 118 valence electrons. The van der Waals surface area contributed by atoms with Gasteiger partial charge in [-0.25, -0.2) is 17.2 Å². The molecule has 3 aromatic rings. The molecular formula is C16H11F2NO3S. The predicted octanol–water partition coefficient (Wildman–Crippen LogP) is 2.95. The van der Waals surface area contributed by atoms with E-state index in [2.05, 4.69) is 4.98 Å². The summed E-state index contributed by atoms with van der Waals surface area (Å²) in [5, 5.41) is 0.208. The molecule has 0 amide bonds. The van der Waals surface area contributed by atoms with Crippen molar-refractivity contribution in [2.45, 2.75) is 16.7 Å². The fourth-order valence-corrected chi connectivity index (χ4v) is 3.62. The average molecular weight is 335 g/mol. The lowest BCUT2D eigenvalue weighted by Crippen LogP contribution is -2.16. The third-order valence-corrected chi connectivity index (χ3v) is 5.25. The van der Waals surface area contributed by atoms with Crippen LogP contribution in [-0.4, -0.2) is 13.4 Å². The van der Waals surface area contributed by atoms with Crippen LogP contribution in [0, 0.1) is 18.6 Å². The minimum absolute atomic E-state index is 0.208. The molecule has 1 N–H and O–H groups in total. The molecule has 1 aromatic heterocycles. The van der Waals surface area contributed by atoms with Crippen LogP contribution in [-0.2, 0) is 9.84 Å². The van der Waals surface area contributed by atoms with Crippen molar-refractivity contribution in [3.8, 4) is 0 Å². The van der Waals surface area contributed by atoms with E-state index < -0.39 is 36.7 Å². The lowest BCUT2D eigenvalue weighted by Gasteiger charge is -2.06. The van der Waals surface area contributed by atoms with Gasteiger partial charge < -0.3 is 4.98 Å². The van der Waals surface area contributed by atoms with Gasteiger partial charge in [0, 0.05) is 17.1 Å². The number of aromatic amines is 1. The molecule has 0 unspecified atom stereocenters. The highest BCUT2D eigenvalue weighted by atomic mass is 32.2. The van der Waals surface area contributed by atoms with Crippen molar-refractivity contribution < 1.29 is 17.2 Å². The van der Waals surface area contributed by atoms with Crippen molar-refractivity contribution in [2.75, 3.05) is 0 Å². The molecule has 1 heterocycles. The van der Waals surface area contributed by atoms with E-state index in [0.717, 1.165) is 17.8 Å². The van der Waals surface area contributed by atoms with Crippen LogP contribution in [0.5, 0.6) is 0 Å². The molecule has 0 atom stereocenters. The Morgan fingerprint density at radius 3 is 2.43 bits per heavy atom. The first-order chi connectivity index (χ1) is 10.8. The maximum absolute atomic E-state index is 13.3. The molecule has 0 radical (unpaired) electrons. The Labute approximate surface area is 130 Å². The number of sulfone groups is 1. The normalized spacial score (nSPS) is 11.8. The Morgan fingerprint density at radius 2 is 1.74 bits per heavy atom. The van der Waals surface area contributed by atoms with Gasteiger partial charge in [-0.3, -0.25) is 4.79 Å². The largest absolute Gasteiger partial charge is 0.360 e. The first-order valence-corrected chi connectivity index (χ1v) is 8.11. The summed E-state index contributed by atoms with van der Waals surface area (Å²) < 4.78 is 51.3. The monoisotopic (exact) mass is 335 g/mol. The van der Waals surface area contributed by atoms with E-state index in [9.17, 15) is 22.0 Å². The van der Waals surface area contributed by atoms with Gasteiger partial charge in [0.05, 0.1) is 4.90 Å². The highest BCUT2D eigenvalue weighted by molar-refractivity contribution is 7.91. The third kappa shape index (κ3) is 2.53. The van der Waals surface area contributed by atoms with Crippen LogP contribution in [0.25, 0.3) is 10.9 Å². The van der Waals surface area contributed by atoms with Crippen molar-refractivity contribution in [3.05, 3.63) is 70.0 Å². The van der Waals surface area contributed by atoms with E-state index in [1.807, 2.05) is 6.92 Å². The standard InChI is InChI=1S/C16H11F2NO3S/c1-9-2-4-11-14(6-9)19-8-15(16(11)20)23(21,22)10-3-5-12(17)13(18)7-10/h2-8H,1H3,(H,19,20). The van der Waals surface area contributed by atoms with Crippen LogP contribution in [0.1, 0.15) is 5.56 Å². The van der Waals surface area contributed by atoms with Gasteiger partial charge in [0.2, 0.25) is 15.3 Å². The van der Waals surface area contributed by atoms with Crippen LogP contribution in [0.3, 0.4) is 0 Å². The average Bonchev–Trinajstić information content (AvgIpc) is 2.49. The summed E-state index contributed by atoms with van der Waals surface area (Å²) in [5.41, 5.74) is 0.715. The zero-order chi connectivity index (χ0) is 16.8. The van der Waals surface area contributed by atoms with Gasteiger partial charge in [-0.15, -0.1) is 0 Å². The molecule has 0 bridgehead atoms. The van der Waals surface area contributed by atoms with Crippen LogP contribution >= 0.6 is 0 Å². The number of pyridine rings is 1. The molecule has 0 aliphatic heterocycles. The number of halogens is 2. The molecule has 23 heavy (non-hydrogen) atoms. The molecular weight excluding hydrogens is 324 g/mol. The van der Waals surface area contributed by atoms with Crippen molar-refractivity contribution >= 4 is 20.7 Å². The highest BCUT2D eigenvalue weighted by Crippen LogP contribution is 2.21. The third-order valence-electron chi connectivity index (χ3n) is 3.49. The van der Waals surface area contributed by atoms with Crippen molar-refractivity contribution in [3.63, 3.8) is 0 Å². The van der Waals surface area contributed by atoms with Gasteiger partial charge in [-0.1, -0.05) is 6.07 Å². The number of aromatic nitrogens is 1. The summed E-state index contributed by atoms with van der Waals surface area (Å²) >= 11 is 0. The Morgan fingerprint density at radius 1 is 1.00 bits per heavy atom. The second-order valence-corrected chi connectivity index (χ2v) is 7.03. The minimum atomic E-state index is -4.26. The Balaban J connectivity index is 2.26. The number of hydrogen-bond donors (Lipinski definition) is 1. The van der Waals surface area contributed by atoms with Crippen molar-refractivity contribution in [1.82, 2.24) is 4.98 Å². The fourth-order valence-electron chi connectivity index (χ4n) is 2.29. The van der Waals surface area contributed by atoms with Crippen LogP contribution < -0.4 is 5.43 Å². The summed E-state index contributed by atoms with van der Waals surface area (Å²) in [6.07, 6.45) is 1.07. The van der Waals surface area contributed by atoms with Gasteiger partial charge in [0.15, 0.2) is 11.6 Å². The number of benzene rings is 2. The molecule has 3 rings (SSSR count). The van der Waals surface area contributed by atoms with Gasteiger partial charge in [-0.05, 0) is 42.8 Å². The SMILES string of the molecule is Cc1ccc2c(=O)c(S(=O)(=O)c3ccc(F)c(F)c3)c[nH]c2c1. The van der Waals surface area contributed by atoms with Crippen LogP contribution in [0.2, 0.25) is 0 Å². The van der Waals surface area contributed by atoms with E-state index in [0.29, 0.717) is 17.6 Å². The predicted molar refractivity (Wildman–Crippen MR) is 81.1 cm³/mol. The van der Waals surface area contributed by atoms with Crippen LogP contribution in [0.4, 0.5) is 8.78 Å². The lowest BCUT2D eigenvalue weighted by atomic mass is 10.1. The maximum atomic E-state index is 13.3. The molecule has 0 spiro atoms. The van der Waals surface area contributed by atoms with E-state index in [4.69, 9.17) is 0 Å². The zero-order valence-electron chi connectivity index (χ0n) is 11.9. The summed E-state index contributed by atoms with van der Waals surface area (Å²) in [6, 6.07) is 7.11. The lowest BCUT2D eigenvalue weighted by molar-refractivity contribution is 0.504. The highest BCUT2D eigenvalue weighted by Gasteiger charge is 2.23. The first kappa shape index (κ1) is 15.4. The van der Waals surface area contributed by atoms with E-state index >= 15 is 0 Å². The number of hydrogen-bond acceptors (Lipinski definition) is 3. The number of rotatable bonds is 2. The Kier molecular flexibility index (Phi) is 3.52. The van der Waals surface area contributed by atoms with Gasteiger partial charge in [-0.2, -0.15) is 0 Å². The molecule has 0 saturated heterocycles. The molecule has 0 fully saturated rings.